The number of halogens is 3. The summed E-state index contributed by atoms with van der Waals surface area (Å²) in [5, 5.41) is 13.0. The Hall–Kier alpha value is -2.54. The summed E-state index contributed by atoms with van der Waals surface area (Å²) in [5.41, 5.74) is -0.875. The molecular formula is C13H7ClF2N2O3. The molecule has 108 valence electrons. The van der Waals surface area contributed by atoms with Crippen molar-refractivity contribution in [1.82, 2.24) is 0 Å². The van der Waals surface area contributed by atoms with E-state index in [2.05, 4.69) is 5.32 Å². The number of amides is 1. The molecule has 0 atom stereocenters. The smallest absolute Gasteiger partial charge is 0.305 e. The number of carbonyl (C=O) groups excluding carboxylic acids is 1. The second-order valence-electron chi connectivity index (χ2n) is 4.04. The van der Waals surface area contributed by atoms with Crippen LogP contribution in [-0.2, 0) is 0 Å². The topological polar surface area (TPSA) is 72.2 Å². The second-order valence-corrected chi connectivity index (χ2v) is 4.47. The fourth-order valence-electron chi connectivity index (χ4n) is 1.62. The minimum Gasteiger partial charge on any atom is -0.322 e. The van der Waals surface area contributed by atoms with Crippen LogP contribution in [0, 0.1) is 21.7 Å². The first-order valence-electron chi connectivity index (χ1n) is 5.58. The Morgan fingerprint density at radius 1 is 1.19 bits per heavy atom. The average Bonchev–Trinajstić information content (AvgIpc) is 2.37. The van der Waals surface area contributed by atoms with Gasteiger partial charge in [0.25, 0.3) is 5.91 Å². The van der Waals surface area contributed by atoms with E-state index in [9.17, 15) is 23.7 Å². The number of nitrogens with one attached hydrogen (secondary N) is 1. The molecule has 8 heteroatoms. The van der Waals surface area contributed by atoms with Gasteiger partial charge in [0.15, 0.2) is 0 Å². The maximum absolute atomic E-state index is 13.2. The summed E-state index contributed by atoms with van der Waals surface area (Å²) in [5.74, 6) is -2.45. The van der Waals surface area contributed by atoms with Gasteiger partial charge < -0.3 is 5.32 Å². The van der Waals surface area contributed by atoms with Gasteiger partial charge in [0, 0.05) is 22.3 Å². The van der Waals surface area contributed by atoms with Gasteiger partial charge >= 0.3 is 5.69 Å². The van der Waals surface area contributed by atoms with Crippen LogP contribution in [0.5, 0.6) is 0 Å². The summed E-state index contributed by atoms with van der Waals surface area (Å²) >= 11 is 5.64. The molecule has 1 amide bonds. The number of rotatable bonds is 3. The van der Waals surface area contributed by atoms with Crippen LogP contribution in [0.15, 0.2) is 36.4 Å². The Morgan fingerprint density at radius 2 is 1.90 bits per heavy atom. The molecule has 0 fully saturated rings. The molecule has 2 aromatic rings. The Balaban J connectivity index is 2.28. The maximum atomic E-state index is 13.2. The van der Waals surface area contributed by atoms with Gasteiger partial charge in [-0.3, -0.25) is 14.9 Å². The molecule has 0 saturated carbocycles. The second kappa shape index (κ2) is 5.84. The normalized spacial score (nSPS) is 10.2. The first kappa shape index (κ1) is 14.9. The fourth-order valence-corrected chi connectivity index (χ4v) is 1.84. The molecule has 0 bridgehead atoms. The monoisotopic (exact) mass is 312 g/mol. The van der Waals surface area contributed by atoms with E-state index in [0.29, 0.717) is 0 Å². The Labute approximate surface area is 122 Å². The van der Waals surface area contributed by atoms with Crippen molar-refractivity contribution in [3.8, 4) is 0 Å². The minimum atomic E-state index is -1.05. The number of carbonyl (C=O) groups is 1. The van der Waals surface area contributed by atoms with E-state index < -0.39 is 28.2 Å². The highest BCUT2D eigenvalue weighted by atomic mass is 35.5. The zero-order valence-electron chi connectivity index (χ0n) is 10.3. The van der Waals surface area contributed by atoms with Gasteiger partial charge in [0.05, 0.1) is 4.92 Å². The molecular weight excluding hydrogens is 306 g/mol. The molecule has 0 heterocycles. The Morgan fingerprint density at radius 3 is 2.52 bits per heavy atom. The van der Waals surface area contributed by atoms with Crippen LogP contribution in [0.25, 0.3) is 0 Å². The van der Waals surface area contributed by atoms with E-state index in [1.807, 2.05) is 0 Å². The summed E-state index contributed by atoms with van der Waals surface area (Å²) in [6.07, 6.45) is 0. The number of hydrogen-bond acceptors (Lipinski definition) is 3. The van der Waals surface area contributed by atoms with Crippen molar-refractivity contribution in [1.29, 1.82) is 0 Å². The molecule has 2 rings (SSSR count). The molecule has 2 aromatic carbocycles. The number of nitrogens with zero attached hydrogens (tertiary/aromatic N) is 1. The summed E-state index contributed by atoms with van der Waals surface area (Å²) in [4.78, 5) is 21.6. The predicted octanol–water partition coefficient (Wildman–Crippen LogP) is 3.78. The minimum absolute atomic E-state index is 0.0791. The van der Waals surface area contributed by atoms with Crippen LogP contribution in [-0.4, -0.2) is 10.8 Å². The third-order valence-corrected chi connectivity index (χ3v) is 2.74. The molecule has 0 saturated heterocycles. The van der Waals surface area contributed by atoms with Gasteiger partial charge in [-0.1, -0.05) is 11.6 Å². The van der Waals surface area contributed by atoms with Crippen molar-refractivity contribution in [3.63, 3.8) is 0 Å². The molecule has 0 unspecified atom stereocenters. The Bertz CT molecular complexity index is 717. The van der Waals surface area contributed by atoms with Gasteiger partial charge in [-0.25, -0.2) is 4.39 Å². The van der Waals surface area contributed by atoms with E-state index in [4.69, 9.17) is 11.6 Å². The van der Waals surface area contributed by atoms with Crippen LogP contribution in [0.1, 0.15) is 10.4 Å². The van der Waals surface area contributed by atoms with Crippen molar-refractivity contribution in [2.24, 2.45) is 0 Å². The number of anilines is 1. The van der Waals surface area contributed by atoms with Crippen LogP contribution in [0.3, 0.4) is 0 Å². The molecule has 0 aliphatic heterocycles. The van der Waals surface area contributed by atoms with Crippen molar-refractivity contribution in [3.05, 3.63) is 68.7 Å². The molecule has 1 N–H and O–H groups in total. The molecule has 5 nitrogen and oxygen atoms in total. The van der Waals surface area contributed by atoms with Crippen molar-refractivity contribution in [2.45, 2.75) is 0 Å². The molecule has 0 spiro atoms. The van der Waals surface area contributed by atoms with E-state index in [-0.39, 0.29) is 16.3 Å². The van der Waals surface area contributed by atoms with E-state index >= 15 is 0 Å². The summed E-state index contributed by atoms with van der Waals surface area (Å²) in [6, 6.07) is 6.08. The van der Waals surface area contributed by atoms with Gasteiger partial charge in [-0.2, -0.15) is 4.39 Å². The largest absolute Gasteiger partial charge is 0.322 e. The average molecular weight is 313 g/mol. The maximum Gasteiger partial charge on any atom is 0.305 e. The lowest BCUT2D eigenvalue weighted by atomic mass is 10.1. The SMILES string of the molecule is O=C(Nc1cc(F)cc(Cl)c1)c1ccc(F)c([N+](=O)[O-])c1. The first-order chi connectivity index (χ1) is 9.86. The van der Waals surface area contributed by atoms with Crippen molar-refractivity contribution < 1.29 is 18.5 Å². The number of benzene rings is 2. The molecule has 0 radical (unpaired) electrons. The van der Waals surface area contributed by atoms with Crippen LogP contribution >= 0.6 is 11.6 Å². The molecule has 0 aliphatic carbocycles. The Kier molecular flexibility index (Phi) is 4.13. The summed E-state index contributed by atoms with van der Waals surface area (Å²) < 4.78 is 26.3. The van der Waals surface area contributed by atoms with Gasteiger partial charge in [0.2, 0.25) is 5.82 Å². The van der Waals surface area contributed by atoms with E-state index in [1.165, 1.54) is 6.07 Å². The fraction of sp³-hybridized carbons (Fsp3) is 0. The molecule has 0 aromatic heterocycles. The zero-order chi connectivity index (χ0) is 15.6. The van der Waals surface area contributed by atoms with Crippen molar-refractivity contribution >= 4 is 28.9 Å². The molecule has 0 aliphatic rings. The quantitative estimate of drug-likeness (QED) is 0.692. The molecule has 21 heavy (non-hydrogen) atoms. The lowest BCUT2D eigenvalue weighted by molar-refractivity contribution is -0.387. The summed E-state index contributed by atoms with van der Waals surface area (Å²) in [6.45, 7) is 0. The standard InChI is InChI=1S/C13H7ClF2N2O3/c14-8-4-9(15)6-10(5-8)17-13(19)7-1-2-11(16)12(3-7)18(20)21/h1-6H,(H,17,19). The van der Waals surface area contributed by atoms with Crippen LogP contribution in [0.4, 0.5) is 20.2 Å². The first-order valence-corrected chi connectivity index (χ1v) is 5.96. The number of nitro groups is 1. The van der Waals surface area contributed by atoms with E-state index in [0.717, 1.165) is 30.3 Å². The number of nitro benzene ring substituents is 1. The highest BCUT2D eigenvalue weighted by molar-refractivity contribution is 6.31. The highest BCUT2D eigenvalue weighted by Crippen LogP contribution is 2.21. The summed E-state index contributed by atoms with van der Waals surface area (Å²) in [7, 11) is 0. The third-order valence-electron chi connectivity index (χ3n) is 2.53. The lowest BCUT2D eigenvalue weighted by Gasteiger charge is -2.06. The zero-order valence-corrected chi connectivity index (χ0v) is 11.0. The highest BCUT2D eigenvalue weighted by Gasteiger charge is 2.17. The lowest BCUT2D eigenvalue weighted by Crippen LogP contribution is -2.12. The van der Waals surface area contributed by atoms with Gasteiger partial charge in [0.1, 0.15) is 5.82 Å². The van der Waals surface area contributed by atoms with Crippen LogP contribution < -0.4 is 5.32 Å². The van der Waals surface area contributed by atoms with Gasteiger partial charge in [-0.05, 0) is 30.3 Å². The number of hydrogen-bond donors (Lipinski definition) is 1. The van der Waals surface area contributed by atoms with Crippen molar-refractivity contribution in [2.75, 3.05) is 5.32 Å². The van der Waals surface area contributed by atoms with E-state index in [1.54, 1.807) is 0 Å². The van der Waals surface area contributed by atoms with Crippen LogP contribution in [0.2, 0.25) is 5.02 Å². The van der Waals surface area contributed by atoms with Gasteiger partial charge in [-0.15, -0.1) is 0 Å². The third kappa shape index (κ3) is 3.51. The predicted molar refractivity (Wildman–Crippen MR) is 72.4 cm³/mol.